The molecule has 7 nitrogen and oxygen atoms in total. The molecule has 2 atom stereocenters. The van der Waals surface area contributed by atoms with Crippen LogP contribution in [0.5, 0.6) is 5.88 Å². The zero-order valence-corrected chi connectivity index (χ0v) is 12.4. The van der Waals surface area contributed by atoms with Gasteiger partial charge in [-0.3, -0.25) is 0 Å². The SMILES string of the molecule is CCC(C)C(NC(=O)NCc1ccc(OC)nc1)C(=O)O. The number of carboxylic acids is 1. The Morgan fingerprint density at radius 3 is 2.62 bits per heavy atom. The first-order valence-corrected chi connectivity index (χ1v) is 6.74. The maximum absolute atomic E-state index is 11.7. The number of nitrogens with zero attached hydrogens (tertiary/aromatic N) is 1. The van der Waals surface area contributed by atoms with Crippen molar-refractivity contribution in [2.24, 2.45) is 5.92 Å². The molecule has 0 saturated carbocycles. The predicted molar refractivity (Wildman–Crippen MR) is 77.0 cm³/mol. The monoisotopic (exact) mass is 295 g/mol. The number of aromatic nitrogens is 1. The molecule has 1 rings (SSSR count). The van der Waals surface area contributed by atoms with Crippen molar-refractivity contribution in [2.45, 2.75) is 32.9 Å². The van der Waals surface area contributed by atoms with Crippen molar-refractivity contribution < 1.29 is 19.4 Å². The third-order valence-corrected chi connectivity index (χ3v) is 3.23. The molecule has 116 valence electrons. The number of hydrogen-bond donors (Lipinski definition) is 3. The Hall–Kier alpha value is -2.31. The maximum atomic E-state index is 11.7. The van der Waals surface area contributed by atoms with Crippen molar-refractivity contribution in [1.29, 1.82) is 0 Å². The van der Waals surface area contributed by atoms with Crippen LogP contribution in [0.15, 0.2) is 18.3 Å². The highest BCUT2D eigenvalue weighted by Gasteiger charge is 2.25. The van der Waals surface area contributed by atoms with Crippen LogP contribution < -0.4 is 15.4 Å². The lowest BCUT2D eigenvalue weighted by atomic mass is 9.99. The van der Waals surface area contributed by atoms with E-state index in [0.29, 0.717) is 12.3 Å². The zero-order valence-electron chi connectivity index (χ0n) is 12.4. The van der Waals surface area contributed by atoms with Gasteiger partial charge in [-0.05, 0) is 11.5 Å². The minimum atomic E-state index is -1.04. The van der Waals surface area contributed by atoms with Gasteiger partial charge in [0.15, 0.2) is 0 Å². The first kappa shape index (κ1) is 16.7. The number of ether oxygens (including phenoxy) is 1. The van der Waals surface area contributed by atoms with Crippen LogP contribution in [0.3, 0.4) is 0 Å². The standard InChI is InChI=1S/C14H21N3O4/c1-4-9(2)12(13(18)19)17-14(20)16-8-10-5-6-11(21-3)15-7-10/h5-7,9,12H,4,8H2,1-3H3,(H,18,19)(H2,16,17,20). The molecular weight excluding hydrogens is 274 g/mol. The molecular formula is C14H21N3O4. The number of carbonyl (C=O) groups excluding carboxylic acids is 1. The summed E-state index contributed by atoms with van der Waals surface area (Å²) in [5, 5.41) is 14.2. The van der Waals surface area contributed by atoms with Gasteiger partial charge in [0.2, 0.25) is 5.88 Å². The molecule has 1 heterocycles. The van der Waals surface area contributed by atoms with Gasteiger partial charge in [-0.1, -0.05) is 26.3 Å². The summed E-state index contributed by atoms with van der Waals surface area (Å²) < 4.78 is 4.94. The Morgan fingerprint density at radius 1 is 1.43 bits per heavy atom. The second-order valence-electron chi connectivity index (χ2n) is 4.74. The molecule has 2 amide bonds. The van der Waals surface area contributed by atoms with E-state index < -0.39 is 18.0 Å². The topological polar surface area (TPSA) is 101 Å². The van der Waals surface area contributed by atoms with Crippen molar-refractivity contribution in [2.75, 3.05) is 7.11 Å². The number of urea groups is 1. The van der Waals surface area contributed by atoms with Gasteiger partial charge in [0.05, 0.1) is 7.11 Å². The lowest BCUT2D eigenvalue weighted by Gasteiger charge is -2.20. The largest absolute Gasteiger partial charge is 0.481 e. The number of carboxylic acid groups (broad SMARTS) is 1. The Bertz CT molecular complexity index is 476. The van der Waals surface area contributed by atoms with E-state index in [0.717, 1.165) is 5.56 Å². The fourth-order valence-electron chi connectivity index (χ4n) is 1.69. The van der Waals surface area contributed by atoms with Crippen LogP contribution in [-0.2, 0) is 11.3 Å². The van der Waals surface area contributed by atoms with Crippen molar-refractivity contribution in [3.05, 3.63) is 23.9 Å². The molecule has 3 N–H and O–H groups in total. The van der Waals surface area contributed by atoms with Crippen LogP contribution in [0.4, 0.5) is 4.79 Å². The van der Waals surface area contributed by atoms with Crippen LogP contribution in [0, 0.1) is 5.92 Å². The zero-order chi connectivity index (χ0) is 15.8. The summed E-state index contributed by atoms with van der Waals surface area (Å²) in [5.41, 5.74) is 0.793. The van der Waals surface area contributed by atoms with Gasteiger partial charge in [0.1, 0.15) is 6.04 Å². The number of rotatable bonds is 7. The number of aliphatic carboxylic acids is 1. The van der Waals surface area contributed by atoms with Crippen molar-refractivity contribution >= 4 is 12.0 Å². The van der Waals surface area contributed by atoms with Crippen LogP contribution in [0.25, 0.3) is 0 Å². The van der Waals surface area contributed by atoms with Gasteiger partial charge in [0.25, 0.3) is 0 Å². The Kier molecular flexibility index (Phi) is 6.45. The van der Waals surface area contributed by atoms with E-state index in [-0.39, 0.29) is 12.5 Å². The highest BCUT2D eigenvalue weighted by atomic mass is 16.5. The second-order valence-corrected chi connectivity index (χ2v) is 4.74. The number of pyridine rings is 1. The van der Waals surface area contributed by atoms with Gasteiger partial charge < -0.3 is 20.5 Å². The Labute approximate surface area is 123 Å². The van der Waals surface area contributed by atoms with E-state index in [2.05, 4.69) is 15.6 Å². The van der Waals surface area contributed by atoms with Crippen molar-refractivity contribution in [3.8, 4) is 5.88 Å². The number of hydrogen-bond acceptors (Lipinski definition) is 4. The Morgan fingerprint density at radius 2 is 2.14 bits per heavy atom. The molecule has 0 saturated heterocycles. The molecule has 7 heteroatoms. The maximum Gasteiger partial charge on any atom is 0.326 e. The lowest BCUT2D eigenvalue weighted by Crippen LogP contribution is -2.48. The van der Waals surface area contributed by atoms with Crippen LogP contribution >= 0.6 is 0 Å². The smallest absolute Gasteiger partial charge is 0.326 e. The number of carbonyl (C=O) groups is 2. The summed E-state index contributed by atoms with van der Waals surface area (Å²) in [5.74, 6) is -0.688. The first-order valence-electron chi connectivity index (χ1n) is 6.74. The van der Waals surface area contributed by atoms with E-state index in [1.165, 1.54) is 7.11 Å². The van der Waals surface area contributed by atoms with Crippen LogP contribution in [0.1, 0.15) is 25.8 Å². The summed E-state index contributed by atoms with van der Waals surface area (Å²) in [6, 6.07) is 2.05. The molecule has 1 aromatic heterocycles. The summed E-state index contributed by atoms with van der Waals surface area (Å²) in [7, 11) is 1.52. The van der Waals surface area contributed by atoms with Crippen LogP contribution in [0.2, 0.25) is 0 Å². The summed E-state index contributed by atoms with van der Waals surface area (Å²) in [4.78, 5) is 26.9. The van der Waals surface area contributed by atoms with Gasteiger partial charge >= 0.3 is 12.0 Å². The third kappa shape index (κ3) is 5.29. The molecule has 0 spiro atoms. The van der Waals surface area contributed by atoms with E-state index in [1.54, 1.807) is 25.3 Å². The number of amides is 2. The van der Waals surface area contributed by atoms with Gasteiger partial charge in [0, 0.05) is 18.8 Å². The average Bonchev–Trinajstić information content (AvgIpc) is 2.50. The molecule has 0 radical (unpaired) electrons. The fourth-order valence-corrected chi connectivity index (χ4v) is 1.69. The van der Waals surface area contributed by atoms with Gasteiger partial charge in [-0.2, -0.15) is 0 Å². The molecule has 0 fully saturated rings. The van der Waals surface area contributed by atoms with Crippen LogP contribution in [-0.4, -0.2) is 35.2 Å². The van der Waals surface area contributed by atoms with Gasteiger partial charge in [-0.25, -0.2) is 14.6 Å². The summed E-state index contributed by atoms with van der Waals surface area (Å²) >= 11 is 0. The molecule has 0 bridgehead atoms. The fraction of sp³-hybridized carbons (Fsp3) is 0.500. The van der Waals surface area contributed by atoms with E-state index in [9.17, 15) is 9.59 Å². The second kappa shape index (κ2) is 8.08. The van der Waals surface area contributed by atoms with E-state index >= 15 is 0 Å². The molecule has 21 heavy (non-hydrogen) atoms. The average molecular weight is 295 g/mol. The minimum absolute atomic E-state index is 0.143. The molecule has 0 aliphatic heterocycles. The highest BCUT2D eigenvalue weighted by Crippen LogP contribution is 2.08. The van der Waals surface area contributed by atoms with E-state index in [1.807, 2.05) is 6.92 Å². The molecule has 2 unspecified atom stereocenters. The highest BCUT2D eigenvalue weighted by molar-refractivity contribution is 5.82. The van der Waals surface area contributed by atoms with Gasteiger partial charge in [-0.15, -0.1) is 0 Å². The molecule has 0 aliphatic carbocycles. The summed E-state index contributed by atoms with van der Waals surface area (Å²) in [6.07, 6.45) is 2.25. The summed E-state index contributed by atoms with van der Waals surface area (Å²) in [6.45, 7) is 3.92. The molecule has 0 aliphatic rings. The lowest BCUT2D eigenvalue weighted by molar-refractivity contribution is -0.140. The first-order chi connectivity index (χ1) is 9.97. The van der Waals surface area contributed by atoms with E-state index in [4.69, 9.17) is 9.84 Å². The molecule has 1 aromatic rings. The number of methoxy groups -OCH3 is 1. The molecule has 0 aromatic carbocycles. The predicted octanol–water partition coefficient (Wildman–Crippen LogP) is 1.39. The Balaban J connectivity index is 2.50. The third-order valence-electron chi connectivity index (χ3n) is 3.23. The van der Waals surface area contributed by atoms with Crippen molar-refractivity contribution in [1.82, 2.24) is 15.6 Å². The van der Waals surface area contributed by atoms with Crippen molar-refractivity contribution in [3.63, 3.8) is 0 Å². The normalized spacial score (nSPS) is 13.1. The quantitative estimate of drug-likeness (QED) is 0.705. The number of nitrogens with one attached hydrogen (secondary N) is 2. The minimum Gasteiger partial charge on any atom is -0.481 e.